The highest BCUT2D eigenvalue weighted by Gasteiger charge is 2.25. The van der Waals surface area contributed by atoms with Gasteiger partial charge in [-0.2, -0.15) is 0 Å². The number of hydrogen-bond acceptors (Lipinski definition) is 9. The summed E-state index contributed by atoms with van der Waals surface area (Å²) in [6.07, 6.45) is 1.42. The Morgan fingerprint density at radius 3 is 2.12 bits per heavy atom. The molecule has 5 aromatic rings. The molecule has 0 radical (unpaired) electrons. The minimum absolute atomic E-state index is 0.0445. The van der Waals surface area contributed by atoms with E-state index in [1.54, 1.807) is 24.3 Å². The van der Waals surface area contributed by atoms with Crippen molar-refractivity contribution in [2.24, 2.45) is 5.41 Å². The Morgan fingerprint density at radius 2 is 1.33 bits per heavy atom. The standard InChI is InChI=1S/C43H46O8S/c1-28-11-7-8-12-33(28)40(46)35-23-31(16-15-29(35)2)49-26-30(44)25-42(3,4)19-22-51-43(5,6)20-21-48-39(45)27-50-32-17-18-38-36(24-32)41(47)34-13-9-10-14-37(34)52-38/h7-18,23-24H,19-22,25-27H2,1-6H3. The fraction of sp³-hybridized carbons (Fsp3) is 0.349. The van der Waals surface area contributed by atoms with Crippen LogP contribution in [0, 0.1) is 19.3 Å². The molecule has 0 aliphatic rings. The number of benzene rings is 4. The molecule has 0 saturated carbocycles. The van der Waals surface area contributed by atoms with Crippen LogP contribution in [0.4, 0.5) is 0 Å². The van der Waals surface area contributed by atoms with E-state index in [2.05, 4.69) is 0 Å². The summed E-state index contributed by atoms with van der Waals surface area (Å²) in [6, 6.07) is 25.5. The van der Waals surface area contributed by atoms with Crippen molar-refractivity contribution in [1.29, 1.82) is 0 Å². The molecule has 1 aromatic heterocycles. The van der Waals surface area contributed by atoms with Gasteiger partial charge in [-0.05, 0) is 93.1 Å². The van der Waals surface area contributed by atoms with Crippen LogP contribution in [0.5, 0.6) is 11.5 Å². The maximum Gasteiger partial charge on any atom is 0.344 e. The fourth-order valence-corrected chi connectivity index (χ4v) is 6.94. The molecule has 0 aliphatic carbocycles. The third-order valence-corrected chi connectivity index (χ3v) is 10.2. The first-order chi connectivity index (χ1) is 24.7. The van der Waals surface area contributed by atoms with Crippen molar-refractivity contribution < 1.29 is 33.3 Å². The summed E-state index contributed by atoms with van der Waals surface area (Å²) < 4.78 is 24.8. The van der Waals surface area contributed by atoms with Crippen molar-refractivity contribution in [2.45, 2.75) is 66.4 Å². The summed E-state index contributed by atoms with van der Waals surface area (Å²) in [5.74, 6) is 0.274. The van der Waals surface area contributed by atoms with E-state index in [1.165, 1.54) is 11.3 Å². The molecule has 0 saturated heterocycles. The van der Waals surface area contributed by atoms with Crippen molar-refractivity contribution in [3.8, 4) is 11.5 Å². The van der Waals surface area contributed by atoms with E-state index in [1.807, 2.05) is 102 Å². The van der Waals surface area contributed by atoms with E-state index in [0.717, 1.165) is 20.5 Å². The summed E-state index contributed by atoms with van der Waals surface area (Å²) >= 11 is 1.54. The van der Waals surface area contributed by atoms with Crippen molar-refractivity contribution in [1.82, 2.24) is 0 Å². The highest BCUT2D eigenvalue weighted by atomic mass is 32.1. The molecule has 4 aromatic carbocycles. The largest absolute Gasteiger partial charge is 0.486 e. The number of ether oxygens (including phenoxy) is 4. The Morgan fingerprint density at radius 1 is 0.673 bits per heavy atom. The lowest BCUT2D eigenvalue weighted by molar-refractivity contribution is -0.148. The van der Waals surface area contributed by atoms with Crippen LogP contribution in [0.15, 0.2) is 89.7 Å². The number of fused-ring (bicyclic) bond motifs is 2. The SMILES string of the molecule is Cc1ccccc1C(=O)c1cc(OCC(=O)CC(C)(C)CCOC(C)(C)CCOC(=O)COc2ccc3sc4ccccc4c(=O)c3c2)ccc1C. The molecule has 0 fully saturated rings. The van der Waals surface area contributed by atoms with Crippen molar-refractivity contribution in [2.75, 3.05) is 26.4 Å². The van der Waals surface area contributed by atoms with Crippen LogP contribution in [-0.4, -0.2) is 49.6 Å². The van der Waals surface area contributed by atoms with E-state index >= 15 is 0 Å². The quantitative estimate of drug-likeness (QED) is 0.0533. The molecule has 0 amide bonds. The Hall–Kier alpha value is -4.86. The normalized spacial score (nSPS) is 11.8. The maximum atomic E-state index is 13.2. The lowest BCUT2D eigenvalue weighted by Crippen LogP contribution is -2.30. The van der Waals surface area contributed by atoms with E-state index in [0.29, 0.717) is 59.3 Å². The molecule has 0 aliphatic heterocycles. The lowest BCUT2D eigenvalue weighted by atomic mass is 9.84. The van der Waals surface area contributed by atoms with Gasteiger partial charge in [0.2, 0.25) is 0 Å². The summed E-state index contributed by atoms with van der Waals surface area (Å²) in [5, 5.41) is 1.21. The highest BCUT2D eigenvalue weighted by Crippen LogP contribution is 2.29. The zero-order valence-electron chi connectivity index (χ0n) is 30.7. The molecule has 5 rings (SSSR count). The summed E-state index contributed by atoms with van der Waals surface area (Å²) in [6.45, 7) is 11.9. The van der Waals surface area contributed by atoms with Gasteiger partial charge in [0.25, 0.3) is 0 Å². The summed E-state index contributed by atoms with van der Waals surface area (Å²) in [7, 11) is 0. The molecule has 8 nitrogen and oxygen atoms in total. The van der Waals surface area contributed by atoms with Crippen LogP contribution < -0.4 is 14.9 Å². The smallest absolute Gasteiger partial charge is 0.344 e. The van der Waals surface area contributed by atoms with Gasteiger partial charge in [0.05, 0.1) is 12.2 Å². The number of aryl methyl sites for hydroxylation is 2. The molecule has 0 N–H and O–H groups in total. The van der Waals surface area contributed by atoms with Gasteiger partial charge in [-0.15, -0.1) is 11.3 Å². The van der Waals surface area contributed by atoms with Crippen LogP contribution in [0.25, 0.3) is 20.2 Å². The van der Waals surface area contributed by atoms with Gasteiger partial charge >= 0.3 is 5.97 Å². The second-order valence-electron chi connectivity index (χ2n) is 14.5. The molecule has 9 heteroatoms. The zero-order valence-corrected chi connectivity index (χ0v) is 31.5. The average Bonchev–Trinajstić information content (AvgIpc) is 3.10. The first-order valence-electron chi connectivity index (χ1n) is 17.4. The summed E-state index contributed by atoms with van der Waals surface area (Å²) in [4.78, 5) is 51.5. The van der Waals surface area contributed by atoms with Crippen molar-refractivity contribution in [3.05, 3.63) is 117 Å². The minimum atomic E-state index is -0.560. The molecule has 272 valence electrons. The van der Waals surface area contributed by atoms with E-state index in [4.69, 9.17) is 18.9 Å². The Kier molecular flexibility index (Phi) is 12.3. The van der Waals surface area contributed by atoms with Gasteiger partial charge < -0.3 is 18.9 Å². The van der Waals surface area contributed by atoms with Gasteiger partial charge in [-0.1, -0.05) is 56.3 Å². The number of rotatable bonds is 17. The predicted octanol–water partition coefficient (Wildman–Crippen LogP) is 8.82. The molecule has 0 unspecified atom stereocenters. The first-order valence-corrected chi connectivity index (χ1v) is 18.3. The predicted molar refractivity (Wildman–Crippen MR) is 206 cm³/mol. The van der Waals surface area contributed by atoms with Crippen LogP contribution in [-0.2, 0) is 19.1 Å². The number of carbonyl (C=O) groups is 3. The molecule has 52 heavy (non-hydrogen) atoms. The fourth-order valence-electron chi connectivity index (χ4n) is 5.89. The molecular formula is C43H46O8S. The number of Topliss-reactive ketones (excluding diaryl/α,β-unsaturated/α-hetero) is 1. The van der Waals surface area contributed by atoms with Crippen molar-refractivity contribution in [3.63, 3.8) is 0 Å². The number of ketones is 2. The zero-order chi connectivity index (χ0) is 37.5. The van der Waals surface area contributed by atoms with Gasteiger partial charge in [0.15, 0.2) is 23.6 Å². The average molecular weight is 723 g/mol. The number of esters is 1. The molecule has 0 atom stereocenters. The van der Waals surface area contributed by atoms with E-state index in [9.17, 15) is 19.2 Å². The second-order valence-corrected chi connectivity index (χ2v) is 15.6. The first kappa shape index (κ1) is 38.4. The topological polar surface area (TPSA) is 105 Å². The number of carbonyl (C=O) groups excluding carboxylic acids is 3. The van der Waals surface area contributed by atoms with Crippen LogP contribution in [0.2, 0.25) is 0 Å². The van der Waals surface area contributed by atoms with Crippen LogP contribution in [0.1, 0.15) is 74.0 Å². The van der Waals surface area contributed by atoms with E-state index < -0.39 is 11.6 Å². The molecular weight excluding hydrogens is 677 g/mol. The van der Waals surface area contributed by atoms with Gasteiger partial charge in [0, 0.05) is 50.7 Å². The highest BCUT2D eigenvalue weighted by molar-refractivity contribution is 7.24. The van der Waals surface area contributed by atoms with Gasteiger partial charge in [0.1, 0.15) is 18.1 Å². The maximum absolute atomic E-state index is 13.2. The van der Waals surface area contributed by atoms with Gasteiger partial charge in [-0.3, -0.25) is 14.4 Å². The van der Waals surface area contributed by atoms with Gasteiger partial charge in [-0.25, -0.2) is 4.79 Å². The number of hydrogen-bond donors (Lipinski definition) is 0. The van der Waals surface area contributed by atoms with E-state index in [-0.39, 0.29) is 42.2 Å². The van der Waals surface area contributed by atoms with Crippen LogP contribution >= 0.6 is 11.3 Å². The third-order valence-electron chi connectivity index (χ3n) is 9.06. The minimum Gasteiger partial charge on any atom is -0.486 e. The van der Waals surface area contributed by atoms with Crippen molar-refractivity contribution >= 4 is 49.0 Å². The summed E-state index contributed by atoms with van der Waals surface area (Å²) in [5.41, 5.74) is 1.99. The molecule has 1 heterocycles. The monoisotopic (exact) mass is 722 g/mol. The third kappa shape index (κ3) is 10.1. The lowest BCUT2D eigenvalue weighted by Gasteiger charge is -2.29. The van der Waals surface area contributed by atoms with Crippen LogP contribution in [0.3, 0.4) is 0 Å². The Balaban J connectivity index is 1.01. The Labute approximate surface area is 308 Å². The molecule has 0 bridgehead atoms. The Bertz CT molecular complexity index is 2150. The second kappa shape index (κ2) is 16.7. The molecule has 0 spiro atoms.